The highest BCUT2D eigenvalue weighted by atomic mass is 35.5. The number of hydrogen-bond acceptors (Lipinski definition) is 4. The van der Waals surface area contributed by atoms with E-state index in [1.165, 1.54) is 0 Å². The van der Waals surface area contributed by atoms with Gasteiger partial charge < -0.3 is 15.2 Å². The fourth-order valence-corrected chi connectivity index (χ4v) is 3.03. The van der Waals surface area contributed by atoms with Crippen molar-refractivity contribution in [3.63, 3.8) is 0 Å². The zero-order valence-corrected chi connectivity index (χ0v) is 12.2. The van der Waals surface area contributed by atoms with E-state index in [0.29, 0.717) is 17.2 Å². The average molecular weight is 324 g/mol. The lowest BCUT2D eigenvalue weighted by molar-refractivity contribution is -0.122. The van der Waals surface area contributed by atoms with Crippen molar-refractivity contribution in [3.8, 4) is 5.75 Å². The fraction of sp³-hybridized carbons (Fsp3) is 0.143. The minimum absolute atomic E-state index is 0.0990. The van der Waals surface area contributed by atoms with Crippen molar-refractivity contribution < 1.29 is 19.4 Å². The number of ether oxygens (including phenoxy) is 1. The fourth-order valence-electron chi connectivity index (χ4n) is 2.15. The predicted molar refractivity (Wildman–Crippen MR) is 79.5 cm³/mol. The Morgan fingerprint density at radius 3 is 2.95 bits per heavy atom. The maximum Gasteiger partial charge on any atom is 0.348 e. The molecule has 1 atom stereocenters. The summed E-state index contributed by atoms with van der Waals surface area (Å²) in [6.45, 7) is 0. The highest BCUT2D eigenvalue weighted by molar-refractivity contribution is 7.12. The van der Waals surface area contributed by atoms with Crippen molar-refractivity contribution >= 4 is 40.5 Å². The van der Waals surface area contributed by atoms with Gasteiger partial charge in [0.1, 0.15) is 10.6 Å². The molecule has 108 valence electrons. The molecular formula is C14H10ClNO4S. The van der Waals surface area contributed by atoms with E-state index in [0.717, 1.165) is 16.9 Å². The number of benzene rings is 1. The summed E-state index contributed by atoms with van der Waals surface area (Å²) < 4.78 is 5.56. The average Bonchev–Trinajstić information content (AvgIpc) is 3.04. The van der Waals surface area contributed by atoms with Crippen LogP contribution in [0.2, 0.25) is 5.02 Å². The second-order valence-electron chi connectivity index (χ2n) is 4.52. The molecule has 0 radical (unpaired) electrons. The third-order valence-corrected chi connectivity index (χ3v) is 4.24. The van der Waals surface area contributed by atoms with Crippen molar-refractivity contribution in [1.82, 2.24) is 0 Å². The van der Waals surface area contributed by atoms with Gasteiger partial charge >= 0.3 is 5.97 Å². The molecule has 1 aromatic heterocycles. The number of rotatable bonds is 3. The standard InChI is InChI=1S/C14H10ClNO4S/c15-8-1-2-10-7(5-8)6-11(20-10)13(17)16-9-3-4-21-12(9)14(18)19/h1-5,11H,6H2,(H,16,17)(H,18,19). The lowest BCUT2D eigenvalue weighted by Crippen LogP contribution is -2.31. The second kappa shape index (κ2) is 5.38. The third kappa shape index (κ3) is 2.72. The summed E-state index contributed by atoms with van der Waals surface area (Å²) in [4.78, 5) is 23.3. The molecule has 1 unspecified atom stereocenters. The van der Waals surface area contributed by atoms with E-state index in [4.69, 9.17) is 21.4 Å². The van der Waals surface area contributed by atoms with Gasteiger partial charge in [-0.3, -0.25) is 4.79 Å². The van der Waals surface area contributed by atoms with Crippen LogP contribution in [0, 0.1) is 0 Å². The molecule has 3 rings (SSSR count). The molecule has 1 aromatic carbocycles. The van der Waals surface area contributed by atoms with Crippen LogP contribution < -0.4 is 10.1 Å². The van der Waals surface area contributed by atoms with E-state index in [1.54, 1.807) is 29.6 Å². The minimum atomic E-state index is -1.07. The Morgan fingerprint density at radius 1 is 1.38 bits per heavy atom. The van der Waals surface area contributed by atoms with Gasteiger partial charge in [-0.1, -0.05) is 11.6 Å². The Balaban J connectivity index is 1.73. The monoisotopic (exact) mass is 323 g/mol. The largest absolute Gasteiger partial charge is 0.480 e. The molecule has 2 N–H and O–H groups in total. The van der Waals surface area contributed by atoms with Crippen LogP contribution in [0.1, 0.15) is 15.2 Å². The van der Waals surface area contributed by atoms with Crippen molar-refractivity contribution in [1.29, 1.82) is 0 Å². The van der Waals surface area contributed by atoms with Crippen molar-refractivity contribution in [2.24, 2.45) is 0 Å². The number of halogens is 1. The molecule has 2 aromatic rings. The van der Waals surface area contributed by atoms with Gasteiger partial charge in [0.25, 0.3) is 5.91 Å². The topological polar surface area (TPSA) is 75.6 Å². The SMILES string of the molecule is O=C(O)c1sccc1NC(=O)C1Cc2cc(Cl)ccc2O1. The molecular weight excluding hydrogens is 314 g/mol. The van der Waals surface area contributed by atoms with E-state index in [2.05, 4.69) is 5.32 Å². The van der Waals surface area contributed by atoms with Crippen LogP contribution in [0.4, 0.5) is 5.69 Å². The number of thiophene rings is 1. The van der Waals surface area contributed by atoms with E-state index in [1.807, 2.05) is 0 Å². The first-order valence-electron chi connectivity index (χ1n) is 6.11. The van der Waals surface area contributed by atoms with Crippen LogP contribution in [0.3, 0.4) is 0 Å². The lowest BCUT2D eigenvalue weighted by Gasteiger charge is -2.10. The molecule has 7 heteroatoms. The first-order chi connectivity index (χ1) is 10.0. The summed E-state index contributed by atoms with van der Waals surface area (Å²) in [6, 6.07) is 6.74. The summed E-state index contributed by atoms with van der Waals surface area (Å²) in [5.41, 5.74) is 1.15. The number of carboxylic acid groups (broad SMARTS) is 1. The van der Waals surface area contributed by atoms with E-state index in [-0.39, 0.29) is 16.5 Å². The lowest BCUT2D eigenvalue weighted by atomic mass is 10.1. The number of carbonyl (C=O) groups excluding carboxylic acids is 1. The van der Waals surface area contributed by atoms with Gasteiger partial charge in [0.15, 0.2) is 6.10 Å². The van der Waals surface area contributed by atoms with E-state index in [9.17, 15) is 9.59 Å². The second-order valence-corrected chi connectivity index (χ2v) is 5.87. The highest BCUT2D eigenvalue weighted by Crippen LogP contribution is 2.32. The number of aromatic carboxylic acids is 1. The van der Waals surface area contributed by atoms with Gasteiger partial charge in [-0.2, -0.15) is 0 Å². The van der Waals surface area contributed by atoms with Gasteiger partial charge in [-0.05, 0) is 35.2 Å². The van der Waals surface area contributed by atoms with Crippen LogP contribution in [-0.2, 0) is 11.2 Å². The van der Waals surface area contributed by atoms with Crippen LogP contribution >= 0.6 is 22.9 Å². The highest BCUT2D eigenvalue weighted by Gasteiger charge is 2.30. The zero-order chi connectivity index (χ0) is 15.0. The Hall–Kier alpha value is -2.05. The summed E-state index contributed by atoms with van der Waals surface area (Å²) in [5.74, 6) is -0.811. The predicted octanol–water partition coefficient (Wildman–Crippen LogP) is 3.04. The molecule has 0 bridgehead atoms. The van der Waals surface area contributed by atoms with E-state index >= 15 is 0 Å². The van der Waals surface area contributed by atoms with Gasteiger partial charge in [-0.15, -0.1) is 11.3 Å². The van der Waals surface area contributed by atoms with Crippen LogP contribution in [0.5, 0.6) is 5.75 Å². The van der Waals surface area contributed by atoms with Gasteiger partial charge in [0, 0.05) is 11.4 Å². The van der Waals surface area contributed by atoms with Gasteiger partial charge in [-0.25, -0.2) is 4.79 Å². The summed E-state index contributed by atoms with van der Waals surface area (Å²) in [5, 5.41) is 13.8. The molecule has 1 aliphatic heterocycles. The Morgan fingerprint density at radius 2 is 2.19 bits per heavy atom. The van der Waals surface area contributed by atoms with Gasteiger partial charge in [0.2, 0.25) is 0 Å². The molecule has 0 saturated carbocycles. The summed E-state index contributed by atoms with van der Waals surface area (Å²) in [7, 11) is 0. The normalized spacial score (nSPS) is 16.1. The number of fused-ring (bicyclic) bond motifs is 1. The number of carboxylic acids is 1. The number of nitrogens with one attached hydrogen (secondary N) is 1. The molecule has 0 fully saturated rings. The number of anilines is 1. The Bertz CT molecular complexity index is 728. The Kier molecular flexibility index (Phi) is 3.57. The maximum absolute atomic E-state index is 12.2. The van der Waals surface area contributed by atoms with Crippen LogP contribution in [0.25, 0.3) is 0 Å². The molecule has 0 spiro atoms. The first-order valence-corrected chi connectivity index (χ1v) is 7.37. The molecule has 1 aliphatic rings. The van der Waals surface area contributed by atoms with Crippen LogP contribution in [0.15, 0.2) is 29.6 Å². The van der Waals surface area contributed by atoms with Crippen molar-refractivity contribution in [3.05, 3.63) is 45.1 Å². The van der Waals surface area contributed by atoms with Crippen LogP contribution in [-0.4, -0.2) is 23.1 Å². The van der Waals surface area contributed by atoms with E-state index < -0.39 is 12.1 Å². The first kappa shape index (κ1) is 13.9. The number of carbonyl (C=O) groups is 2. The zero-order valence-electron chi connectivity index (χ0n) is 10.6. The minimum Gasteiger partial charge on any atom is -0.480 e. The molecule has 1 amide bonds. The molecule has 0 saturated heterocycles. The Labute approximate surface area is 129 Å². The molecule has 2 heterocycles. The third-order valence-electron chi connectivity index (χ3n) is 3.11. The molecule has 21 heavy (non-hydrogen) atoms. The smallest absolute Gasteiger partial charge is 0.348 e. The maximum atomic E-state index is 12.2. The molecule has 5 nitrogen and oxygen atoms in total. The number of hydrogen-bond donors (Lipinski definition) is 2. The summed E-state index contributed by atoms with van der Waals surface area (Å²) in [6.07, 6.45) is -0.270. The molecule has 0 aliphatic carbocycles. The van der Waals surface area contributed by atoms with Gasteiger partial charge in [0.05, 0.1) is 5.69 Å². The number of amides is 1. The quantitative estimate of drug-likeness (QED) is 0.910. The van der Waals surface area contributed by atoms with Crippen molar-refractivity contribution in [2.45, 2.75) is 12.5 Å². The van der Waals surface area contributed by atoms with Crippen molar-refractivity contribution in [2.75, 3.05) is 5.32 Å². The summed E-state index contributed by atoms with van der Waals surface area (Å²) >= 11 is 6.96.